The SMILES string of the molecule is COCO[C@H]1C[C@H]2C=CN(S(=O)(=O)c3ccc([N+](=O)[O-])cc3)C[C@H]2[C@]12COC(=O)N2. The van der Waals surface area contributed by atoms with E-state index in [2.05, 4.69) is 5.32 Å². The van der Waals surface area contributed by atoms with E-state index >= 15 is 0 Å². The van der Waals surface area contributed by atoms with Gasteiger partial charge in [0.05, 0.1) is 15.9 Å². The third-order valence-electron chi connectivity index (χ3n) is 5.93. The van der Waals surface area contributed by atoms with Gasteiger partial charge in [-0.15, -0.1) is 0 Å². The predicted molar refractivity (Wildman–Crippen MR) is 102 cm³/mol. The number of amides is 1. The average Bonchev–Trinajstić information content (AvgIpc) is 3.26. The molecule has 1 aromatic carbocycles. The minimum Gasteiger partial charge on any atom is -0.447 e. The molecular formula is C18H21N3O8S. The second kappa shape index (κ2) is 7.52. The van der Waals surface area contributed by atoms with Crippen LogP contribution in [0.5, 0.6) is 0 Å². The molecule has 1 aliphatic carbocycles. The molecule has 4 atom stereocenters. The molecule has 2 heterocycles. The van der Waals surface area contributed by atoms with E-state index in [-0.39, 0.29) is 42.4 Å². The van der Waals surface area contributed by atoms with E-state index in [4.69, 9.17) is 14.2 Å². The first kappa shape index (κ1) is 20.6. The molecule has 12 heteroatoms. The molecule has 0 unspecified atom stereocenters. The number of nitro groups is 1. The van der Waals surface area contributed by atoms with E-state index in [1.54, 1.807) is 6.08 Å². The molecule has 1 saturated carbocycles. The summed E-state index contributed by atoms with van der Waals surface area (Å²) in [5.74, 6) is -0.291. The summed E-state index contributed by atoms with van der Waals surface area (Å²) in [6.07, 6.45) is 2.91. The third kappa shape index (κ3) is 3.30. The monoisotopic (exact) mass is 439 g/mol. The number of non-ortho nitro benzene ring substituents is 1. The minimum absolute atomic E-state index is 0.0165. The molecule has 3 aliphatic rings. The number of ether oxygens (including phenoxy) is 3. The van der Waals surface area contributed by atoms with Gasteiger partial charge in [0, 0.05) is 37.9 Å². The Balaban J connectivity index is 1.61. The van der Waals surface area contributed by atoms with Gasteiger partial charge in [-0.1, -0.05) is 6.08 Å². The number of sulfonamides is 1. The van der Waals surface area contributed by atoms with Crippen molar-refractivity contribution in [3.8, 4) is 0 Å². The Morgan fingerprint density at radius 2 is 2.10 bits per heavy atom. The first-order chi connectivity index (χ1) is 14.3. The highest BCUT2D eigenvalue weighted by Gasteiger charge is 2.61. The Labute approximate surface area is 172 Å². The number of methoxy groups -OCH3 is 1. The van der Waals surface area contributed by atoms with Crippen molar-refractivity contribution in [2.24, 2.45) is 11.8 Å². The molecular weight excluding hydrogens is 418 g/mol. The number of carbonyl (C=O) groups excluding carboxylic acids is 1. The maximum Gasteiger partial charge on any atom is 0.407 e. The zero-order valence-electron chi connectivity index (χ0n) is 16.1. The van der Waals surface area contributed by atoms with E-state index < -0.39 is 32.7 Å². The molecule has 0 radical (unpaired) electrons. The lowest BCUT2D eigenvalue weighted by Gasteiger charge is -2.38. The molecule has 162 valence electrons. The Morgan fingerprint density at radius 1 is 1.37 bits per heavy atom. The van der Waals surface area contributed by atoms with Crippen molar-refractivity contribution in [2.75, 3.05) is 27.1 Å². The average molecular weight is 439 g/mol. The van der Waals surface area contributed by atoms with Gasteiger partial charge in [-0.3, -0.25) is 14.4 Å². The van der Waals surface area contributed by atoms with Crippen LogP contribution >= 0.6 is 0 Å². The zero-order valence-corrected chi connectivity index (χ0v) is 16.9. The summed E-state index contributed by atoms with van der Waals surface area (Å²) in [5, 5.41) is 13.7. The normalized spacial score (nSPS) is 30.2. The standard InChI is InChI=1S/C18H21N3O8S/c1-27-11-29-16-8-12-6-7-20(9-15(12)18(16)10-28-17(22)19-18)30(25,26)14-4-2-13(3-5-14)21(23)24/h2-7,12,15-16H,8-11H2,1H3,(H,19,22)/t12-,15-,16+,18-/m1/s1. The molecule has 1 N–H and O–H groups in total. The third-order valence-corrected chi connectivity index (χ3v) is 7.69. The highest BCUT2D eigenvalue weighted by Crippen LogP contribution is 2.47. The summed E-state index contributed by atoms with van der Waals surface area (Å²) in [7, 11) is -2.44. The highest BCUT2D eigenvalue weighted by molar-refractivity contribution is 7.89. The van der Waals surface area contributed by atoms with Crippen LogP contribution in [0.25, 0.3) is 0 Å². The summed E-state index contributed by atoms with van der Waals surface area (Å²) in [5.41, 5.74) is -1.06. The summed E-state index contributed by atoms with van der Waals surface area (Å²) in [4.78, 5) is 22.0. The lowest BCUT2D eigenvalue weighted by atomic mass is 9.82. The van der Waals surface area contributed by atoms with Gasteiger partial charge in [-0.2, -0.15) is 0 Å². The maximum absolute atomic E-state index is 13.1. The lowest BCUT2D eigenvalue weighted by Crippen LogP contribution is -2.58. The molecule has 0 aromatic heterocycles. The van der Waals surface area contributed by atoms with Gasteiger partial charge in [0.15, 0.2) is 0 Å². The van der Waals surface area contributed by atoms with Crippen LogP contribution in [-0.4, -0.2) is 62.4 Å². The summed E-state index contributed by atoms with van der Waals surface area (Å²) >= 11 is 0. The molecule has 2 fully saturated rings. The van der Waals surface area contributed by atoms with Crippen LogP contribution in [-0.2, 0) is 24.2 Å². The van der Waals surface area contributed by atoms with Crippen LogP contribution in [0.2, 0.25) is 0 Å². The molecule has 2 aliphatic heterocycles. The summed E-state index contributed by atoms with van der Waals surface area (Å²) < 4.78 is 43.4. The summed E-state index contributed by atoms with van der Waals surface area (Å²) in [6.45, 7) is 0.216. The first-order valence-corrected chi connectivity index (χ1v) is 10.7. The van der Waals surface area contributed by atoms with Crippen molar-refractivity contribution in [3.63, 3.8) is 0 Å². The van der Waals surface area contributed by atoms with Crippen LogP contribution in [0.4, 0.5) is 10.5 Å². The number of alkyl carbamates (subject to hydrolysis) is 1. The van der Waals surface area contributed by atoms with Gasteiger partial charge in [0.25, 0.3) is 15.7 Å². The number of nitrogens with one attached hydrogen (secondary N) is 1. The van der Waals surface area contributed by atoms with Gasteiger partial charge >= 0.3 is 6.09 Å². The fourth-order valence-corrected chi connectivity index (χ4v) is 5.79. The van der Waals surface area contributed by atoms with E-state index in [1.165, 1.54) is 29.7 Å². The van der Waals surface area contributed by atoms with Crippen molar-refractivity contribution >= 4 is 21.8 Å². The van der Waals surface area contributed by atoms with Crippen LogP contribution < -0.4 is 5.32 Å². The zero-order chi connectivity index (χ0) is 21.5. The second-order valence-electron chi connectivity index (χ2n) is 7.48. The molecule has 1 spiro atoms. The van der Waals surface area contributed by atoms with E-state index in [1.807, 2.05) is 0 Å². The van der Waals surface area contributed by atoms with Gasteiger partial charge in [-0.05, 0) is 24.5 Å². The first-order valence-electron chi connectivity index (χ1n) is 9.28. The predicted octanol–water partition coefficient (Wildman–Crippen LogP) is 1.22. The second-order valence-corrected chi connectivity index (χ2v) is 9.37. The molecule has 0 bridgehead atoms. The van der Waals surface area contributed by atoms with Gasteiger partial charge < -0.3 is 19.5 Å². The van der Waals surface area contributed by atoms with E-state index in [0.717, 1.165) is 12.1 Å². The largest absolute Gasteiger partial charge is 0.447 e. The van der Waals surface area contributed by atoms with Crippen molar-refractivity contribution < 1.29 is 32.3 Å². The Hall–Kier alpha value is -2.70. The molecule has 1 aromatic rings. The van der Waals surface area contributed by atoms with Crippen LogP contribution in [0.1, 0.15) is 6.42 Å². The number of hydrogen-bond acceptors (Lipinski definition) is 8. The molecule has 4 rings (SSSR count). The highest BCUT2D eigenvalue weighted by atomic mass is 32.2. The number of fused-ring (bicyclic) bond motifs is 2. The van der Waals surface area contributed by atoms with Crippen LogP contribution in [0.15, 0.2) is 41.4 Å². The van der Waals surface area contributed by atoms with Crippen LogP contribution in [0.3, 0.4) is 0 Å². The van der Waals surface area contributed by atoms with Crippen molar-refractivity contribution in [2.45, 2.75) is 23.0 Å². The molecule has 1 saturated heterocycles. The number of nitrogens with zero attached hydrogens (tertiary/aromatic N) is 2. The Bertz CT molecular complexity index is 980. The Kier molecular flexibility index (Phi) is 5.16. The number of rotatable bonds is 6. The van der Waals surface area contributed by atoms with Crippen molar-refractivity contribution in [3.05, 3.63) is 46.7 Å². The lowest BCUT2D eigenvalue weighted by molar-refractivity contribution is -0.384. The number of allylic oxidation sites excluding steroid dienone is 1. The fraction of sp³-hybridized carbons (Fsp3) is 0.500. The minimum atomic E-state index is -3.93. The summed E-state index contributed by atoms with van der Waals surface area (Å²) in [6, 6.07) is 4.73. The number of hydrogen-bond donors (Lipinski definition) is 1. The topological polar surface area (TPSA) is 137 Å². The smallest absolute Gasteiger partial charge is 0.407 e. The van der Waals surface area contributed by atoms with Gasteiger partial charge in [0.2, 0.25) is 0 Å². The van der Waals surface area contributed by atoms with Crippen molar-refractivity contribution in [1.29, 1.82) is 0 Å². The molecule has 1 amide bonds. The van der Waals surface area contributed by atoms with Crippen LogP contribution in [0, 0.1) is 22.0 Å². The van der Waals surface area contributed by atoms with Gasteiger partial charge in [0.1, 0.15) is 18.9 Å². The van der Waals surface area contributed by atoms with E-state index in [0.29, 0.717) is 6.42 Å². The van der Waals surface area contributed by atoms with Gasteiger partial charge in [-0.25, -0.2) is 13.2 Å². The number of nitro benzene ring substituents is 1. The van der Waals surface area contributed by atoms with Crippen molar-refractivity contribution in [1.82, 2.24) is 9.62 Å². The molecule has 30 heavy (non-hydrogen) atoms. The van der Waals surface area contributed by atoms with E-state index in [9.17, 15) is 23.3 Å². The molecule has 11 nitrogen and oxygen atoms in total. The number of cyclic esters (lactones) is 1. The maximum atomic E-state index is 13.1. The fourth-order valence-electron chi connectivity index (χ4n) is 4.46. The number of benzene rings is 1. The quantitative estimate of drug-likeness (QED) is 0.397. The number of carbonyl (C=O) groups is 1. The Morgan fingerprint density at radius 3 is 2.70 bits per heavy atom.